The molecular formula is C13H12F2N2O4S2. The van der Waals surface area contributed by atoms with Crippen LogP contribution in [0.1, 0.15) is 5.56 Å². The van der Waals surface area contributed by atoms with Gasteiger partial charge in [-0.3, -0.25) is 0 Å². The van der Waals surface area contributed by atoms with Crippen LogP contribution < -0.4 is 9.86 Å². The third kappa shape index (κ3) is 4.32. The first-order valence-corrected chi connectivity index (χ1v) is 9.19. The van der Waals surface area contributed by atoms with E-state index in [9.17, 15) is 25.6 Å². The molecule has 0 aliphatic carbocycles. The second-order valence-electron chi connectivity index (χ2n) is 4.59. The lowest BCUT2D eigenvalue weighted by atomic mass is 10.2. The largest absolute Gasteiger partial charge is 0.240 e. The zero-order chi connectivity index (χ0) is 17.3. The molecular weight excluding hydrogens is 350 g/mol. The first-order valence-electron chi connectivity index (χ1n) is 6.16. The van der Waals surface area contributed by atoms with Crippen molar-refractivity contribution in [3.8, 4) is 0 Å². The van der Waals surface area contributed by atoms with E-state index in [1.54, 1.807) is 0 Å². The minimum Gasteiger partial charge on any atom is -0.225 e. The Labute approximate surface area is 132 Å². The molecule has 2 aromatic carbocycles. The Morgan fingerprint density at radius 1 is 0.870 bits per heavy atom. The van der Waals surface area contributed by atoms with Crippen LogP contribution in [0.15, 0.2) is 52.3 Å². The number of rotatable bonds is 5. The van der Waals surface area contributed by atoms with Gasteiger partial charge in [-0.15, -0.1) is 0 Å². The second kappa shape index (κ2) is 6.32. The molecule has 0 aliphatic heterocycles. The van der Waals surface area contributed by atoms with E-state index in [2.05, 4.69) is 4.72 Å². The van der Waals surface area contributed by atoms with Crippen LogP contribution in [0.4, 0.5) is 8.78 Å². The van der Waals surface area contributed by atoms with E-state index < -0.39 is 36.6 Å². The molecule has 0 atom stereocenters. The highest BCUT2D eigenvalue weighted by atomic mass is 32.2. The maximum Gasteiger partial charge on any atom is 0.240 e. The van der Waals surface area contributed by atoms with Gasteiger partial charge in [-0.2, -0.15) is 0 Å². The van der Waals surface area contributed by atoms with E-state index in [1.807, 2.05) is 0 Å². The van der Waals surface area contributed by atoms with Gasteiger partial charge in [0, 0.05) is 6.54 Å². The molecule has 0 amide bonds. The predicted octanol–water partition coefficient (Wildman–Crippen LogP) is 1.09. The number of hydrogen-bond donors (Lipinski definition) is 2. The van der Waals surface area contributed by atoms with Gasteiger partial charge in [0.1, 0.15) is 0 Å². The standard InChI is InChI=1S/C13H12F2N2O4S2/c14-12-6-5-11(7-13(12)15)23(20,21)17-8-9-1-3-10(4-2-9)22(16,18)19/h1-7,17H,8H2,(H2,16,18,19). The minimum absolute atomic E-state index is 0.107. The highest BCUT2D eigenvalue weighted by Gasteiger charge is 2.16. The highest BCUT2D eigenvalue weighted by molar-refractivity contribution is 7.89. The lowest BCUT2D eigenvalue weighted by Crippen LogP contribution is -2.23. The molecule has 0 spiro atoms. The Kier molecular flexibility index (Phi) is 4.80. The highest BCUT2D eigenvalue weighted by Crippen LogP contribution is 2.14. The van der Waals surface area contributed by atoms with E-state index in [1.165, 1.54) is 24.3 Å². The lowest BCUT2D eigenvalue weighted by molar-refractivity contribution is 0.504. The van der Waals surface area contributed by atoms with Crippen LogP contribution in [0, 0.1) is 11.6 Å². The molecule has 124 valence electrons. The summed E-state index contributed by atoms with van der Waals surface area (Å²) in [7, 11) is -7.87. The molecule has 2 rings (SSSR count). The van der Waals surface area contributed by atoms with Crippen molar-refractivity contribution in [1.82, 2.24) is 4.72 Å². The van der Waals surface area contributed by atoms with Crippen molar-refractivity contribution in [3.05, 3.63) is 59.7 Å². The quantitative estimate of drug-likeness (QED) is 0.830. The van der Waals surface area contributed by atoms with Gasteiger partial charge in [0.2, 0.25) is 20.0 Å². The van der Waals surface area contributed by atoms with Crippen molar-refractivity contribution in [1.29, 1.82) is 0 Å². The number of halogens is 2. The third-order valence-corrected chi connectivity index (χ3v) is 5.25. The monoisotopic (exact) mass is 362 g/mol. The van der Waals surface area contributed by atoms with Crippen LogP contribution in [0.2, 0.25) is 0 Å². The summed E-state index contributed by atoms with van der Waals surface area (Å²) in [6.07, 6.45) is 0. The van der Waals surface area contributed by atoms with E-state index in [-0.39, 0.29) is 11.4 Å². The summed E-state index contributed by atoms with van der Waals surface area (Å²) in [6.45, 7) is -0.160. The number of nitrogens with two attached hydrogens (primary N) is 1. The fourth-order valence-corrected chi connectivity index (χ4v) is 3.25. The number of hydrogen-bond acceptors (Lipinski definition) is 4. The number of nitrogens with one attached hydrogen (secondary N) is 1. The number of primary sulfonamides is 1. The Bertz CT molecular complexity index is 927. The van der Waals surface area contributed by atoms with Gasteiger partial charge >= 0.3 is 0 Å². The fraction of sp³-hybridized carbons (Fsp3) is 0.0769. The molecule has 0 aromatic heterocycles. The van der Waals surface area contributed by atoms with Crippen molar-refractivity contribution in [2.24, 2.45) is 5.14 Å². The average Bonchev–Trinajstić information content (AvgIpc) is 2.47. The first-order chi connectivity index (χ1) is 10.6. The van der Waals surface area contributed by atoms with Crippen LogP contribution in [0.25, 0.3) is 0 Å². The van der Waals surface area contributed by atoms with Crippen LogP contribution in [-0.2, 0) is 26.6 Å². The Morgan fingerprint density at radius 2 is 1.43 bits per heavy atom. The molecule has 2 aromatic rings. The second-order valence-corrected chi connectivity index (χ2v) is 7.92. The van der Waals surface area contributed by atoms with Crippen molar-refractivity contribution >= 4 is 20.0 Å². The van der Waals surface area contributed by atoms with Crippen LogP contribution in [0.5, 0.6) is 0 Å². The van der Waals surface area contributed by atoms with Crippen LogP contribution in [0.3, 0.4) is 0 Å². The van der Waals surface area contributed by atoms with Crippen molar-refractivity contribution in [2.45, 2.75) is 16.3 Å². The SMILES string of the molecule is NS(=O)(=O)c1ccc(CNS(=O)(=O)c2ccc(F)c(F)c2)cc1. The lowest BCUT2D eigenvalue weighted by Gasteiger charge is -2.08. The summed E-state index contributed by atoms with van der Waals surface area (Å²) in [5, 5.41) is 4.95. The van der Waals surface area contributed by atoms with Gasteiger partial charge in [0.15, 0.2) is 11.6 Å². The van der Waals surface area contributed by atoms with Crippen molar-refractivity contribution in [3.63, 3.8) is 0 Å². The average molecular weight is 362 g/mol. The molecule has 0 aliphatic rings. The molecule has 23 heavy (non-hydrogen) atoms. The van der Waals surface area contributed by atoms with Gasteiger partial charge in [-0.1, -0.05) is 12.1 Å². The fourth-order valence-electron chi connectivity index (χ4n) is 1.70. The molecule has 6 nitrogen and oxygen atoms in total. The molecule has 0 radical (unpaired) electrons. The molecule has 0 saturated heterocycles. The molecule has 0 unspecified atom stereocenters. The number of sulfonamides is 2. The van der Waals surface area contributed by atoms with Gasteiger partial charge in [0.05, 0.1) is 9.79 Å². The molecule has 10 heteroatoms. The van der Waals surface area contributed by atoms with Crippen molar-refractivity contribution < 1.29 is 25.6 Å². The van der Waals surface area contributed by atoms with E-state index in [0.29, 0.717) is 17.7 Å². The van der Waals surface area contributed by atoms with Gasteiger partial charge < -0.3 is 0 Å². The summed E-state index contributed by atoms with van der Waals surface area (Å²) in [4.78, 5) is -0.526. The number of benzene rings is 2. The molecule has 0 heterocycles. The van der Waals surface area contributed by atoms with Gasteiger partial charge in [0.25, 0.3) is 0 Å². The van der Waals surface area contributed by atoms with Crippen molar-refractivity contribution in [2.75, 3.05) is 0 Å². The zero-order valence-electron chi connectivity index (χ0n) is 11.5. The minimum atomic E-state index is -4.04. The predicted molar refractivity (Wildman–Crippen MR) is 78.2 cm³/mol. The molecule has 0 bridgehead atoms. The summed E-state index contributed by atoms with van der Waals surface area (Å²) in [5.74, 6) is -2.42. The normalized spacial score (nSPS) is 12.3. The maximum absolute atomic E-state index is 13.1. The maximum atomic E-state index is 13.1. The van der Waals surface area contributed by atoms with Crippen LogP contribution >= 0.6 is 0 Å². The smallest absolute Gasteiger partial charge is 0.225 e. The summed E-state index contributed by atoms with van der Waals surface area (Å²) >= 11 is 0. The topological polar surface area (TPSA) is 106 Å². The van der Waals surface area contributed by atoms with Gasteiger partial charge in [-0.25, -0.2) is 35.5 Å². The zero-order valence-corrected chi connectivity index (χ0v) is 13.2. The molecule has 3 N–H and O–H groups in total. The van der Waals surface area contributed by atoms with Gasteiger partial charge in [-0.05, 0) is 35.9 Å². The molecule has 0 fully saturated rings. The molecule has 0 saturated carbocycles. The third-order valence-electron chi connectivity index (χ3n) is 2.92. The van der Waals surface area contributed by atoms with E-state index >= 15 is 0 Å². The Hall–Kier alpha value is -1.88. The summed E-state index contributed by atoms with van der Waals surface area (Å²) in [5.41, 5.74) is 0.462. The van der Waals surface area contributed by atoms with Crippen LogP contribution in [-0.4, -0.2) is 16.8 Å². The first kappa shape index (κ1) is 17.5. The van der Waals surface area contributed by atoms with E-state index in [0.717, 1.165) is 6.07 Å². The Balaban J connectivity index is 2.14. The van der Waals surface area contributed by atoms with E-state index in [4.69, 9.17) is 5.14 Å². The Morgan fingerprint density at radius 3 is 1.96 bits per heavy atom. The summed E-state index contributed by atoms with van der Waals surface area (Å²) in [6, 6.07) is 7.45. The summed E-state index contributed by atoms with van der Waals surface area (Å²) < 4.78 is 74.3.